The van der Waals surface area contributed by atoms with Crippen LogP contribution < -0.4 is 10.1 Å². The number of halogens is 1. The summed E-state index contributed by atoms with van der Waals surface area (Å²) in [6.07, 6.45) is 1.31. The zero-order chi connectivity index (χ0) is 17.6. The van der Waals surface area contributed by atoms with E-state index in [1.165, 1.54) is 16.2 Å². The zero-order valence-electron chi connectivity index (χ0n) is 13.6. The Morgan fingerprint density at radius 2 is 2.08 bits per heavy atom. The minimum Gasteiger partial charge on any atom is -0.497 e. The first-order chi connectivity index (χ1) is 12.1. The number of hydrogen-bond donors (Lipinski definition) is 1. The first-order valence-corrected chi connectivity index (χ1v) is 10.4. The topological polar surface area (TPSA) is 51.2 Å². The van der Waals surface area contributed by atoms with Crippen LogP contribution >= 0.6 is 39.0 Å². The number of hydrogen-bond acceptors (Lipinski definition) is 5. The summed E-state index contributed by atoms with van der Waals surface area (Å²) in [6.45, 7) is 0. The van der Waals surface area contributed by atoms with Crippen molar-refractivity contribution in [1.82, 2.24) is 4.98 Å². The number of rotatable bonds is 7. The van der Waals surface area contributed by atoms with Crippen LogP contribution in [0.15, 0.2) is 51.8 Å². The molecule has 1 N–H and O–H groups in total. The Morgan fingerprint density at radius 1 is 1.28 bits per heavy atom. The van der Waals surface area contributed by atoms with Gasteiger partial charge in [0.1, 0.15) is 5.75 Å². The van der Waals surface area contributed by atoms with Gasteiger partial charge in [-0.05, 0) is 54.6 Å². The van der Waals surface area contributed by atoms with Gasteiger partial charge in [0.2, 0.25) is 5.91 Å². The van der Waals surface area contributed by atoms with E-state index in [1.54, 1.807) is 18.9 Å². The van der Waals surface area contributed by atoms with Crippen LogP contribution in [0.5, 0.6) is 5.75 Å². The normalized spacial score (nSPS) is 10.8. The van der Waals surface area contributed by atoms with E-state index in [2.05, 4.69) is 26.2 Å². The average molecular weight is 437 g/mol. The third kappa shape index (κ3) is 5.20. The SMILES string of the molecule is COc1ccc(SCCCC(=O)Nc2nc3ccc(Br)cc3s2)cc1. The number of ether oxygens (including phenoxy) is 1. The summed E-state index contributed by atoms with van der Waals surface area (Å²) in [6, 6.07) is 13.8. The fourth-order valence-electron chi connectivity index (χ4n) is 2.23. The number of anilines is 1. The average Bonchev–Trinajstić information content (AvgIpc) is 3.00. The molecule has 3 aromatic rings. The van der Waals surface area contributed by atoms with Gasteiger partial charge in [-0.1, -0.05) is 27.3 Å². The maximum atomic E-state index is 12.1. The molecule has 7 heteroatoms. The largest absolute Gasteiger partial charge is 0.497 e. The molecule has 0 radical (unpaired) electrons. The standard InChI is InChI=1S/C18H17BrN2O2S2/c1-23-13-5-7-14(8-6-13)24-10-2-3-17(22)21-18-20-15-9-4-12(19)11-16(15)25-18/h4-9,11H,2-3,10H2,1H3,(H,20,21,22). The van der Waals surface area contributed by atoms with Crippen LogP contribution in [0.3, 0.4) is 0 Å². The van der Waals surface area contributed by atoms with Crippen LogP contribution in [-0.4, -0.2) is 23.8 Å². The number of benzene rings is 2. The van der Waals surface area contributed by atoms with E-state index in [1.807, 2.05) is 42.5 Å². The lowest BCUT2D eigenvalue weighted by atomic mass is 10.3. The second-order valence-corrected chi connectivity index (χ2v) is 8.42. The van der Waals surface area contributed by atoms with Crippen molar-refractivity contribution in [1.29, 1.82) is 0 Å². The van der Waals surface area contributed by atoms with Gasteiger partial charge in [-0.15, -0.1) is 11.8 Å². The van der Waals surface area contributed by atoms with Gasteiger partial charge in [-0.2, -0.15) is 0 Å². The summed E-state index contributed by atoms with van der Waals surface area (Å²) in [7, 11) is 1.66. The monoisotopic (exact) mass is 436 g/mol. The van der Waals surface area contributed by atoms with E-state index in [9.17, 15) is 4.79 Å². The van der Waals surface area contributed by atoms with Gasteiger partial charge in [0, 0.05) is 15.8 Å². The Labute approximate surface area is 163 Å². The first-order valence-electron chi connectivity index (χ1n) is 7.77. The minimum atomic E-state index is 0.00783. The van der Waals surface area contributed by atoms with Gasteiger partial charge >= 0.3 is 0 Å². The van der Waals surface area contributed by atoms with Crippen molar-refractivity contribution in [2.24, 2.45) is 0 Å². The third-order valence-electron chi connectivity index (χ3n) is 3.47. The molecule has 0 aliphatic carbocycles. The van der Waals surface area contributed by atoms with Crippen molar-refractivity contribution in [2.45, 2.75) is 17.7 Å². The maximum absolute atomic E-state index is 12.1. The number of fused-ring (bicyclic) bond motifs is 1. The molecule has 4 nitrogen and oxygen atoms in total. The Morgan fingerprint density at radius 3 is 2.84 bits per heavy atom. The van der Waals surface area contributed by atoms with Gasteiger partial charge in [0.25, 0.3) is 0 Å². The molecule has 3 rings (SSSR count). The van der Waals surface area contributed by atoms with Gasteiger partial charge in [-0.25, -0.2) is 4.98 Å². The highest BCUT2D eigenvalue weighted by Crippen LogP contribution is 2.28. The van der Waals surface area contributed by atoms with E-state index >= 15 is 0 Å². The highest BCUT2D eigenvalue weighted by molar-refractivity contribution is 9.10. The van der Waals surface area contributed by atoms with Crippen molar-refractivity contribution >= 4 is 60.3 Å². The summed E-state index contributed by atoms with van der Waals surface area (Å²) in [5.41, 5.74) is 0.901. The quantitative estimate of drug-likeness (QED) is 0.387. The van der Waals surface area contributed by atoms with E-state index in [0.717, 1.165) is 32.6 Å². The number of nitrogens with zero attached hydrogens (tertiary/aromatic N) is 1. The molecule has 130 valence electrons. The minimum absolute atomic E-state index is 0.00783. The molecule has 0 bridgehead atoms. The fourth-order valence-corrected chi connectivity index (χ4v) is 4.52. The highest BCUT2D eigenvalue weighted by Gasteiger charge is 2.08. The third-order valence-corrected chi connectivity index (χ3v) is 6.00. The van der Waals surface area contributed by atoms with Gasteiger partial charge in [0.05, 0.1) is 17.3 Å². The number of methoxy groups -OCH3 is 1. The van der Waals surface area contributed by atoms with E-state index < -0.39 is 0 Å². The van der Waals surface area contributed by atoms with E-state index in [0.29, 0.717) is 11.6 Å². The number of carbonyl (C=O) groups is 1. The van der Waals surface area contributed by atoms with Crippen molar-refractivity contribution in [3.8, 4) is 5.75 Å². The van der Waals surface area contributed by atoms with Crippen molar-refractivity contribution in [3.63, 3.8) is 0 Å². The molecule has 0 saturated carbocycles. The number of thioether (sulfide) groups is 1. The first kappa shape index (κ1) is 18.2. The Kier molecular flexibility index (Phi) is 6.34. The predicted molar refractivity (Wildman–Crippen MR) is 109 cm³/mol. The molecular formula is C18H17BrN2O2S2. The molecule has 1 amide bonds. The molecular weight excluding hydrogens is 420 g/mol. The summed E-state index contributed by atoms with van der Waals surface area (Å²) >= 11 is 6.67. The number of carbonyl (C=O) groups excluding carboxylic acids is 1. The number of aromatic nitrogens is 1. The summed E-state index contributed by atoms with van der Waals surface area (Å²) < 4.78 is 7.21. The number of thiazole rings is 1. The van der Waals surface area contributed by atoms with Crippen LogP contribution in [0.1, 0.15) is 12.8 Å². The number of nitrogens with one attached hydrogen (secondary N) is 1. The van der Waals surface area contributed by atoms with Crippen molar-refractivity contribution in [2.75, 3.05) is 18.2 Å². The van der Waals surface area contributed by atoms with Gasteiger partial charge in [-0.3, -0.25) is 4.79 Å². The molecule has 0 saturated heterocycles. The van der Waals surface area contributed by atoms with E-state index in [4.69, 9.17) is 4.74 Å². The molecule has 2 aromatic carbocycles. The molecule has 1 heterocycles. The molecule has 25 heavy (non-hydrogen) atoms. The Hall–Kier alpha value is -1.57. The second-order valence-electron chi connectivity index (χ2n) is 5.31. The molecule has 0 spiro atoms. The van der Waals surface area contributed by atoms with Crippen LogP contribution in [0.2, 0.25) is 0 Å². The van der Waals surface area contributed by atoms with Crippen molar-refractivity contribution in [3.05, 3.63) is 46.9 Å². The van der Waals surface area contributed by atoms with Crippen LogP contribution in [0, 0.1) is 0 Å². The summed E-state index contributed by atoms with van der Waals surface area (Å²) in [5.74, 6) is 1.76. The fraction of sp³-hybridized carbons (Fsp3) is 0.222. The van der Waals surface area contributed by atoms with Gasteiger partial charge < -0.3 is 10.1 Å². The second kappa shape index (κ2) is 8.69. The lowest BCUT2D eigenvalue weighted by Gasteiger charge is -2.04. The number of amides is 1. The van der Waals surface area contributed by atoms with Crippen LogP contribution in [0.4, 0.5) is 5.13 Å². The summed E-state index contributed by atoms with van der Waals surface area (Å²) in [4.78, 5) is 17.7. The molecule has 0 aliphatic rings. The smallest absolute Gasteiger partial charge is 0.226 e. The molecule has 0 aliphatic heterocycles. The van der Waals surface area contributed by atoms with Crippen LogP contribution in [-0.2, 0) is 4.79 Å². The van der Waals surface area contributed by atoms with Crippen LogP contribution in [0.25, 0.3) is 10.2 Å². The predicted octanol–water partition coefficient (Wildman–Crippen LogP) is 5.58. The van der Waals surface area contributed by atoms with E-state index in [-0.39, 0.29) is 5.91 Å². The molecule has 1 aromatic heterocycles. The highest BCUT2D eigenvalue weighted by atomic mass is 79.9. The lowest BCUT2D eigenvalue weighted by molar-refractivity contribution is -0.116. The summed E-state index contributed by atoms with van der Waals surface area (Å²) in [5, 5.41) is 3.55. The zero-order valence-corrected chi connectivity index (χ0v) is 16.8. The molecule has 0 unspecified atom stereocenters. The van der Waals surface area contributed by atoms with Gasteiger partial charge in [0.15, 0.2) is 5.13 Å². The van der Waals surface area contributed by atoms with Crippen molar-refractivity contribution < 1.29 is 9.53 Å². The Bertz CT molecular complexity index is 865. The molecule has 0 atom stereocenters. The lowest BCUT2D eigenvalue weighted by Crippen LogP contribution is -2.11. The maximum Gasteiger partial charge on any atom is 0.226 e. The Balaban J connectivity index is 1.44. The molecule has 0 fully saturated rings.